The molecule has 3 heteroatoms. The van der Waals surface area contributed by atoms with Gasteiger partial charge in [-0.15, -0.1) is 0 Å². The lowest BCUT2D eigenvalue weighted by molar-refractivity contribution is 0.698. The van der Waals surface area contributed by atoms with E-state index in [1.165, 1.54) is 5.56 Å². The van der Waals surface area contributed by atoms with Crippen molar-refractivity contribution in [2.24, 2.45) is 5.73 Å². The van der Waals surface area contributed by atoms with E-state index in [-0.39, 0.29) is 6.04 Å². The van der Waals surface area contributed by atoms with Crippen LogP contribution in [-0.4, -0.2) is 13.1 Å². The van der Waals surface area contributed by atoms with Crippen molar-refractivity contribution in [3.8, 4) is 6.07 Å². The summed E-state index contributed by atoms with van der Waals surface area (Å²) in [5.41, 5.74) is 8.31. The molecule has 0 radical (unpaired) electrons. The van der Waals surface area contributed by atoms with Gasteiger partial charge in [0.15, 0.2) is 0 Å². The summed E-state index contributed by atoms with van der Waals surface area (Å²) in [6.45, 7) is 5.89. The summed E-state index contributed by atoms with van der Waals surface area (Å²) in [5, 5.41) is 8.61. The molecule has 2 N–H and O–H groups in total. The second-order valence-corrected chi connectivity index (χ2v) is 4.09. The third kappa shape index (κ3) is 3.76. The Hall–Kier alpha value is -1.53. The predicted molar refractivity (Wildman–Crippen MR) is 71.8 cm³/mol. The van der Waals surface area contributed by atoms with Gasteiger partial charge in [0.05, 0.1) is 12.5 Å². The topological polar surface area (TPSA) is 53.0 Å². The number of hydrogen-bond donors (Lipinski definition) is 1. The van der Waals surface area contributed by atoms with Crippen LogP contribution in [0.5, 0.6) is 0 Å². The lowest BCUT2D eigenvalue weighted by Gasteiger charge is -2.22. The molecule has 0 amide bonds. The highest BCUT2D eigenvalue weighted by atomic mass is 15.1. The molecule has 1 aromatic carbocycles. The molecule has 0 spiro atoms. The maximum atomic E-state index is 8.61. The van der Waals surface area contributed by atoms with Crippen molar-refractivity contribution in [2.75, 3.05) is 18.0 Å². The van der Waals surface area contributed by atoms with Crippen molar-refractivity contribution >= 4 is 5.69 Å². The largest absolute Gasteiger partial charge is 0.371 e. The molecule has 0 aliphatic carbocycles. The summed E-state index contributed by atoms with van der Waals surface area (Å²) in [7, 11) is 0. The lowest BCUT2D eigenvalue weighted by atomic mass is 10.1. The summed E-state index contributed by atoms with van der Waals surface area (Å²) in [4.78, 5) is 2.20. The molecule has 3 nitrogen and oxygen atoms in total. The fourth-order valence-corrected chi connectivity index (χ4v) is 1.82. The molecular weight excluding hydrogens is 210 g/mol. The van der Waals surface area contributed by atoms with Crippen LogP contribution in [0.1, 0.15) is 38.3 Å². The zero-order valence-corrected chi connectivity index (χ0v) is 10.7. The summed E-state index contributed by atoms with van der Waals surface area (Å²) < 4.78 is 0. The van der Waals surface area contributed by atoms with Crippen LogP contribution >= 0.6 is 0 Å². The molecule has 0 bridgehead atoms. The Labute approximate surface area is 104 Å². The molecule has 1 atom stereocenters. The van der Waals surface area contributed by atoms with E-state index in [9.17, 15) is 0 Å². The molecule has 0 saturated carbocycles. The van der Waals surface area contributed by atoms with E-state index in [0.717, 1.165) is 25.2 Å². The molecule has 0 saturated heterocycles. The van der Waals surface area contributed by atoms with Crippen LogP contribution in [0, 0.1) is 11.3 Å². The third-order valence-electron chi connectivity index (χ3n) is 3.00. The summed E-state index contributed by atoms with van der Waals surface area (Å²) in [6, 6.07) is 10.6. The third-order valence-corrected chi connectivity index (χ3v) is 3.00. The van der Waals surface area contributed by atoms with Crippen LogP contribution in [0.25, 0.3) is 0 Å². The van der Waals surface area contributed by atoms with Crippen molar-refractivity contribution < 1.29 is 0 Å². The zero-order valence-electron chi connectivity index (χ0n) is 10.7. The maximum absolute atomic E-state index is 8.61. The van der Waals surface area contributed by atoms with Gasteiger partial charge in [-0.1, -0.05) is 19.1 Å². The van der Waals surface area contributed by atoms with E-state index in [4.69, 9.17) is 11.0 Å². The van der Waals surface area contributed by atoms with Crippen molar-refractivity contribution in [1.82, 2.24) is 0 Å². The predicted octanol–water partition coefficient (Wildman–Crippen LogP) is 2.84. The molecule has 1 rings (SSSR count). The first kappa shape index (κ1) is 13.5. The van der Waals surface area contributed by atoms with Gasteiger partial charge in [-0.25, -0.2) is 0 Å². The number of nitrogens with two attached hydrogens (primary N) is 1. The number of anilines is 1. The van der Waals surface area contributed by atoms with Crippen molar-refractivity contribution in [1.29, 1.82) is 5.26 Å². The standard InChI is InChI=1S/C14H21N3/c1-3-14(16)12-6-8-13(9-7-12)17(4-2)11-5-10-15/h6-9,14H,3-5,11,16H2,1-2H3/t14-/m0/s1. The minimum absolute atomic E-state index is 0.123. The SMILES string of the molecule is CC[C@H](N)c1ccc(N(CC)CCC#N)cc1. The molecule has 1 aromatic rings. The Morgan fingerprint density at radius 1 is 1.29 bits per heavy atom. The molecule has 17 heavy (non-hydrogen) atoms. The molecule has 0 aliphatic heterocycles. The fraction of sp³-hybridized carbons (Fsp3) is 0.500. The van der Waals surface area contributed by atoms with Gasteiger partial charge in [0.1, 0.15) is 0 Å². The van der Waals surface area contributed by atoms with Crippen molar-refractivity contribution in [2.45, 2.75) is 32.7 Å². The van der Waals surface area contributed by atoms with E-state index < -0.39 is 0 Å². The van der Waals surface area contributed by atoms with E-state index in [1.807, 2.05) is 0 Å². The second kappa shape index (κ2) is 6.93. The molecule has 0 aliphatic rings. The monoisotopic (exact) mass is 231 g/mol. The van der Waals surface area contributed by atoms with Crippen LogP contribution in [0.3, 0.4) is 0 Å². The van der Waals surface area contributed by atoms with Crippen LogP contribution in [0.2, 0.25) is 0 Å². The Kier molecular flexibility index (Phi) is 5.51. The maximum Gasteiger partial charge on any atom is 0.0640 e. The van der Waals surface area contributed by atoms with Crippen molar-refractivity contribution in [3.63, 3.8) is 0 Å². The van der Waals surface area contributed by atoms with Gasteiger partial charge in [0, 0.05) is 24.8 Å². The molecule has 0 fully saturated rings. The molecule has 0 unspecified atom stereocenters. The minimum Gasteiger partial charge on any atom is -0.371 e. The average Bonchev–Trinajstić information content (AvgIpc) is 2.39. The van der Waals surface area contributed by atoms with Gasteiger partial charge in [-0.2, -0.15) is 5.26 Å². The summed E-state index contributed by atoms with van der Waals surface area (Å²) in [6.07, 6.45) is 1.51. The number of nitrogens with zero attached hydrogens (tertiary/aromatic N) is 2. The van der Waals surface area contributed by atoms with Crippen LogP contribution in [-0.2, 0) is 0 Å². The number of benzene rings is 1. The van der Waals surface area contributed by atoms with Gasteiger partial charge in [0.25, 0.3) is 0 Å². The van der Waals surface area contributed by atoms with Crippen molar-refractivity contribution in [3.05, 3.63) is 29.8 Å². The Balaban J connectivity index is 2.74. The first-order valence-electron chi connectivity index (χ1n) is 6.20. The van der Waals surface area contributed by atoms with Gasteiger partial charge in [-0.05, 0) is 31.0 Å². The van der Waals surface area contributed by atoms with E-state index >= 15 is 0 Å². The van der Waals surface area contributed by atoms with Gasteiger partial charge >= 0.3 is 0 Å². The van der Waals surface area contributed by atoms with Crippen LogP contribution in [0.4, 0.5) is 5.69 Å². The first-order chi connectivity index (χ1) is 8.22. The Bertz CT molecular complexity index is 364. The quantitative estimate of drug-likeness (QED) is 0.819. The molecular formula is C14H21N3. The van der Waals surface area contributed by atoms with Crippen LogP contribution in [0.15, 0.2) is 24.3 Å². The van der Waals surface area contributed by atoms with E-state index in [0.29, 0.717) is 6.42 Å². The van der Waals surface area contributed by atoms with E-state index in [1.54, 1.807) is 0 Å². The highest BCUT2D eigenvalue weighted by Crippen LogP contribution is 2.19. The number of nitriles is 1. The second-order valence-electron chi connectivity index (χ2n) is 4.09. The zero-order chi connectivity index (χ0) is 12.7. The number of hydrogen-bond acceptors (Lipinski definition) is 3. The van der Waals surface area contributed by atoms with Gasteiger partial charge < -0.3 is 10.6 Å². The van der Waals surface area contributed by atoms with Gasteiger partial charge in [-0.3, -0.25) is 0 Å². The normalized spacial score (nSPS) is 11.9. The van der Waals surface area contributed by atoms with Crippen LogP contribution < -0.4 is 10.6 Å². The fourth-order valence-electron chi connectivity index (χ4n) is 1.82. The molecule has 0 heterocycles. The Morgan fingerprint density at radius 3 is 2.41 bits per heavy atom. The van der Waals surface area contributed by atoms with Gasteiger partial charge in [0.2, 0.25) is 0 Å². The Morgan fingerprint density at radius 2 is 1.94 bits per heavy atom. The lowest BCUT2D eigenvalue weighted by Crippen LogP contribution is -2.23. The average molecular weight is 231 g/mol. The molecule has 92 valence electrons. The smallest absolute Gasteiger partial charge is 0.0640 e. The number of rotatable bonds is 6. The summed E-state index contributed by atoms with van der Waals surface area (Å²) >= 11 is 0. The highest BCUT2D eigenvalue weighted by Gasteiger charge is 2.06. The highest BCUT2D eigenvalue weighted by molar-refractivity contribution is 5.48. The summed E-state index contributed by atoms with van der Waals surface area (Å²) in [5.74, 6) is 0. The molecule has 0 aromatic heterocycles. The minimum atomic E-state index is 0.123. The first-order valence-corrected chi connectivity index (χ1v) is 6.20. The van der Waals surface area contributed by atoms with E-state index in [2.05, 4.69) is 49.1 Å².